The van der Waals surface area contributed by atoms with Crippen molar-refractivity contribution in [1.82, 2.24) is 0 Å². The third kappa shape index (κ3) is 4.09. The highest BCUT2D eigenvalue weighted by molar-refractivity contribution is 6.09. The number of hydrogen-bond donors (Lipinski definition) is 1. The number of carbonyl (C=O) groups is 1. The summed E-state index contributed by atoms with van der Waals surface area (Å²) in [6.45, 7) is 8.04. The molecule has 6 nitrogen and oxygen atoms in total. The van der Waals surface area contributed by atoms with E-state index in [4.69, 9.17) is 18.6 Å². The Kier molecular flexibility index (Phi) is 9.45. The number of ketones is 1. The number of phenols is 1. The van der Waals surface area contributed by atoms with Crippen molar-refractivity contribution in [1.29, 1.82) is 0 Å². The molecule has 0 amide bonds. The molecular weight excluding hydrogens is 312 g/mol. The van der Waals surface area contributed by atoms with Gasteiger partial charge in [0.15, 0.2) is 17.1 Å². The molecule has 1 N–H and O–H groups in total. The smallest absolute Gasteiger partial charge is 0.205 e. The van der Waals surface area contributed by atoms with Crippen LogP contribution in [0.3, 0.4) is 0 Å². The molecule has 1 heterocycles. The van der Waals surface area contributed by atoms with E-state index in [1.54, 1.807) is 13.0 Å². The van der Waals surface area contributed by atoms with Crippen LogP contribution in [-0.4, -0.2) is 38.3 Å². The topological polar surface area (TPSA) is 78.1 Å². The Morgan fingerprint density at radius 2 is 1.83 bits per heavy atom. The number of hydrogen-bond acceptors (Lipinski definition) is 6. The first-order valence-electron chi connectivity index (χ1n) is 6.94. The molecule has 0 radical (unpaired) electrons. The van der Waals surface area contributed by atoms with Gasteiger partial charge in [0, 0.05) is 6.61 Å². The van der Waals surface area contributed by atoms with Crippen molar-refractivity contribution in [2.75, 3.05) is 27.4 Å². The van der Waals surface area contributed by atoms with Gasteiger partial charge in [0.25, 0.3) is 0 Å². The minimum Gasteiger partial charge on any atom is -0.504 e. The van der Waals surface area contributed by atoms with Gasteiger partial charge in [0.1, 0.15) is 17.9 Å². The standard InChI is InChI=1S/C14H16O6.C2H4.C2H2/c1-4-19-7-9(15)10-11(16)14(18-3)13-8(5-6-20-13)12(10)17-2;2*1-2/h5-6,16H,4,7H2,1-3H3;1-2H2;1-2H. The van der Waals surface area contributed by atoms with Crippen molar-refractivity contribution >= 4 is 16.8 Å². The predicted octanol–water partition coefficient (Wildman–Crippen LogP) is 3.43. The Labute approximate surface area is 141 Å². The van der Waals surface area contributed by atoms with Crippen LogP contribution in [0.1, 0.15) is 17.3 Å². The van der Waals surface area contributed by atoms with Crippen LogP contribution in [0.2, 0.25) is 0 Å². The third-order valence-electron chi connectivity index (χ3n) is 2.92. The molecule has 1 aromatic carbocycles. The van der Waals surface area contributed by atoms with Crippen LogP contribution >= 0.6 is 0 Å². The second-order valence-electron chi connectivity index (χ2n) is 4.01. The highest BCUT2D eigenvalue weighted by atomic mass is 16.5. The minimum atomic E-state index is -0.386. The Bertz CT molecular complexity index is 684. The van der Waals surface area contributed by atoms with Gasteiger partial charge in [-0.15, -0.1) is 26.0 Å². The van der Waals surface area contributed by atoms with Crippen molar-refractivity contribution < 1.29 is 28.5 Å². The maximum absolute atomic E-state index is 12.2. The van der Waals surface area contributed by atoms with Crippen LogP contribution in [0.5, 0.6) is 17.2 Å². The first-order valence-corrected chi connectivity index (χ1v) is 6.94. The van der Waals surface area contributed by atoms with E-state index in [1.165, 1.54) is 20.5 Å². The molecule has 0 aliphatic rings. The van der Waals surface area contributed by atoms with Crippen molar-refractivity contribution in [3.05, 3.63) is 31.1 Å². The van der Waals surface area contributed by atoms with Gasteiger partial charge < -0.3 is 23.7 Å². The summed E-state index contributed by atoms with van der Waals surface area (Å²) in [5, 5.41) is 10.8. The lowest BCUT2D eigenvalue weighted by Gasteiger charge is -2.14. The van der Waals surface area contributed by atoms with Crippen molar-refractivity contribution in [2.45, 2.75) is 6.92 Å². The molecule has 0 saturated carbocycles. The zero-order valence-electron chi connectivity index (χ0n) is 14.1. The maximum atomic E-state index is 12.2. The summed E-state index contributed by atoms with van der Waals surface area (Å²) in [7, 11) is 2.81. The summed E-state index contributed by atoms with van der Waals surface area (Å²) in [5.41, 5.74) is 0.363. The normalized spacial score (nSPS) is 9.21. The number of furan rings is 1. The van der Waals surface area contributed by atoms with E-state index in [0.717, 1.165) is 0 Å². The van der Waals surface area contributed by atoms with Gasteiger partial charge in [-0.25, -0.2) is 0 Å². The number of ether oxygens (including phenoxy) is 3. The lowest BCUT2D eigenvalue weighted by Crippen LogP contribution is -2.11. The van der Waals surface area contributed by atoms with Crippen LogP contribution < -0.4 is 9.47 Å². The number of fused-ring (bicyclic) bond motifs is 1. The fraction of sp³-hybridized carbons (Fsp3) is 0.278. The molecule has 0 aliphatic heterocycles. The first-order chi connectivity index (χ1) is 11.7. The molecule has 6 heteroatoms. The molecule has 0 unspecified atom stereocenters. The lowest BCUT2D eigenvalue weighted by atomic mass is 10.0. The average Bonchev–Trinajstić information content (AvgIpc) is 3.11. The summed E-state index contributed by atoms with van der Waals surface area (Å²) in [6.07, 6.45) is 9.44. The van der Waals surface area contributed by atoms with Gasteiger partial charge in [-0.1, -0.05) is 0 Å². The monoisotopic (exact) mass is 334 g/mol. The maximum Gasteiger partial charge on any atom is 0.205 e. The molecule has 2 rings (SSSR count). The number of Topliss-reactive ketones (excluding diaryl/α,β-unsaturated/α-hetero) is 1. The van der Waals surface area contributed by atoms with Crippen LogP contribution in [0.4, 0.5) is 0 Å². The SMILES string of the molecule is C#C.C=C.CCOCC(=O)c1c(O)c(OC)c2occc2c1OC. The van der Waals surface area contributed by atoms with E-state index in [0.29, 0.717) is 17.6 Å². The van der Waals surface area contributed by atoms with E-state index in [-0.39, 0.29) is 35.2 Å². The average molecular weight is 334 g/mol. The molecule has 1 aromatic heterocycles. The molecule has 0 atom stereocenters. The number of carbonyl (C=O) groups excluding carboxylic acids is 1. The summed E-state index contributed by atoms with van der Waals surface area (Å²) in [5.74, 6) is -0.346. The molecular formula is C18H22O6. The summed E-state index contributed by atoms with van der Waals surface area (Å²) >= 11 is 0. The van der Waals surface area contributed by atoms with Crippen LogP contribution in [0.15, 0.2) is 29.9 Å². The zero-order valence-corrected chi connectivity index (χ0v) is 14.1. The highest BCUT2D eigenvalue weighted by Gasteiger charge is 2.27. The van der Waals surface area contributed by atoms with Crippen LogP contribution in [0.25, 0.3) is 11.0 Å². The molecule has 24 heavy (non-hydrogen) atoms. The molecule has 0 aliphatic carbocycles. The van der Waals surface area contributed by atoms with Crippen molar-refractivity contribution in [2.24, 2.45) is 0 Å². The highest BCUT2D eigenvalue weighted by Crippen LogP contribution is 2.45. The number of benzene rings is 1. The number of terminal acetylenes is 1. The van der Waals surface area contributed by atoms with Crippen LogP contribution in [0, 0.1) is 12.8 Å². The first kappa shape index (κ1) is 21.1. The second-order valence-corrected chi connectivity index (χ2v) is 4.01. The third-order valence-corrected chi connectivity index (χ3v) is 2.92. The van der Waals surface area contributed by atoms with Crippen molar-refractivity contribution in [3.63, 3.8) is 0 Å². The van der Waals surface area contributed by atoms with E-state index in [1.807, 2.05) is 0 Å². The van der Waals surface area contributed by atoms with Gasteiger partial charge in [-0.3, -0.25) is 4.79 Å². The van der Waals surface area contributed by atoms with Gasteiger partial charge in [0.2, 0.25) is 5.75 Å². The Morgan fingerprint density at radius 1 is 1.25 bits per heavy atom. The van der Waals surface area contributed by atoms with E-state index in [2.05, 4.69) is 26.0 Å². The molecule has 0 spiro atoms. The quantitative estimate of drug-likeness (QED) is 0.495. The predicted molar refractivity (Wildman–Crippen MR) is 93.0 cm³/mol. The fourth-order valence-electron chi connectivity index (χ4n) is 2.05. The number of methoxy groups -OCH3 is 2. The number of aromatic hydroxyl groups is 1. The summed E-state index contributed by atoms with van der Waals surface area (Å²) in [6, 6.07) is 1.65. The van der Waals surface area contributed by atoms with E-state index in [9.17, 15) is 9.90 Å². The van der Waals surface area contributed by atoms with Gasteiger partial charge in [-0.05, 0) is 13.0 Å². The lowest BCUT2D eigenvalue weighted by molar-refractivity contribution is 0.0777. The Morgan fingerprint density at radius 3 is 2.33 bits per heavy atom. The summed E-state index contributed by atoms with van der Waals surface area (Å²) < 4.78 is 20.7. The van der Waals surface area contributed by atoms with Gasteiger partial charge in [-0.2, -0.15) is 0 Å². The zero-order chi connectivity index (χ0) is 18.7. The molecule has 0 saturated heterocycles. The Hall–Kier alpha value is -2.91. The minimum absolute atomic E-state index is 0.0340. The molecule has 130 valence electrons. The van der Waals surface area contributed by atoms with E-state index >= 15 is 0 Å². The Balaban J connectivity index is 0.00000123. The van der Waals surface area contributed by atoms with E-state index < -0.39 is 0 Å². The summed E-state index contributed by atoms with van der Waals surface area (Å²) in [4.78, 5) is 12.2. The second kappa shape index (κ2) is 10.8. The molecule has 0 fully saturated rings. The molecule has 2 aromatic rings. The van der Waals surface area contributed by atoms with Crippen LogP contribution in [-0.2, 0) is 4.74 Å². The fourth-order valence-corrected chi connectivity index (χ4v) is 2.05. The van der Waals surface area contributed by atoms with Crippen molar-refractivity contribution in [3.8, 4) is 30.1 Å². The van der Waals surface area contributed by atoms with Gasteiger partial charge in [0.05, 0.1) is 25.9 Å². The molecule has 0 bridgehead atoms. The van der Waals surface area contributed by atoms with Gasteiger partial charge >= 0.3 is 0 Å². The number of phenolic OH excluding ortho intramolecular Hbond substituents is 1. The number of rotatable bonds is 6. The largest absolute Gasteiger partial charge is 0.504 e.